The summed E-state index contributed by atoms with van der Waals surface area (Å²) in [7, 11) is 0. The number of hydrogen-bond acceptors (Lipinski definition) is 2. The summed E-state index contributed by atoms with van der Waals surface area (Å²) in [5.41, 5.74) is 2.19. The molecule has 1 aromatic heterocycles. The third-order valence-electron chi connectivity index (χ3n) is 4.69. The van der Waals surface area contributed by atoms with Crippen LogP contribution in [-0.2, 0) is 13.2 Å². The van der Waals surface area contributed by atoms with Crippen LogP contribution in [0.15, 0.2) is 61.2 Å². The van der Waals surface area contributed by atoms with Crippen LogP contribution in [0, 0.1) is 0 Å². The van der Waals surface area contributed by atoms with Gasteiger partial charge in [0.15, 0.2) is 0 Å². The monoisotopic (exact) mass is 402 g/mol. The SMILES string of the molecule is CCCC(CCn1ccnc1)c1ccccc1OCc1ccc(Cl)cc1Cl. The highest BCUT2D eigenvalue weighted by Gasteiger charge is 2.16. The molecule has 0 fully saturated rings. The maximum atomic E-state index is 6.28. The van der Waals surface area contributed by atoms with E-state index >= 15 is 0 Å². The molecule has 0 saturated heterocycles. The van der Waals surface area contributed by atoms with E-state index in [1.54, 1.807) is 6.07 Å². The lowest BCUT2D eigenvalue weighted by atomic mass is 9.90. The molecule has 0 aliphatic rings. The van der Waals surface area contributed by atoms with Crippen LogP contribution in [0.5, 0.6) is 5.75 Å². The second-order valence-corrected chi connectivity index (χ2v) is 7.48. The van der Waals surface area contributed by atoms with Gasteiger partial charge in [0.1, 0.15) is 12.4 Å². The molecular weight excluding hydrogens is 379 g/mol. The van der Waals surface area contributed by atoms with Gasteiger partial charge in [-0.15, -0.1) is 0 Å². The third kappa shape index (κ3) is 5.50. The van der Waals surface area contributed by atoms with Crippen molar-refractivity contribution in [2.45, 2.75) is 45.3 Å². The summed E-state index contributed by atoms with van der Waals surface area (Å²) in [6.45, 7) is 3.59. The normalized spacial score (nSPS) is 12.1. The number of hydrogen-bond donors (Lipinski definition) is 0. The van der Waals surface area contributed by atoms with Gasteiger partial charge in [0.25, 0.3) is 0 Å². The topological polar surface area (TPSA) is 27.1 Å². The molecule has 0 spiro atoms. The minimum absolute atomic E-state index is 0.424. The zero-order chi connectivity index (χ0) is 19.1. The van der Waals surface area contributed by atoms with Crippen molar-refractivity contribution in [3.8, 4) is 5.75 Å². The van der Waals surface area contributed by atoms with Gasteiger partial charge in [-0.1, -0.05) is 60.8 Å². The van der Waals surface area contributed by atoms with Gasteiger partial charge in [0, 0.05) is 34.5 Å². The maximum Gasteiger partial charge on any atom is 0.123 e. The lowest BCUT2D eigenvalue weighted by Crippen LogP contribution is -2.07. The second kappa shape index (κ2) is 9.82. The van der Waals surface area contributed by atoms with E-state index in [9.17, 15) is 0 Å². The summed E-state index contributed by atoms with van der Waals surface area (Å²) in [5.74, 6) is 1.36. The highest BCUT2D eigenvalue weighted by atomic mass is 35.5. The smallest absolute Gasteiger partial charge is 0.123 e. The maximum absolute atomic E-state index is 6.28. The Bertz CT molecular complexity index is 849. The molecule has 0 bridgehead atoms. The van der Waals surface area contributed by atoms with Crippen LogP contribution in [0.1, 0.15) is 43.2 Å². The van der Waals surface area contributed by atoms with Crippen molar-refractivity contribution >= 4 is 23.2 Å². The molecule has 0 aliphatic heterocycles. The summed E-state index contributed by atoms with van der Waals surface area (Å²) < 4.78 is 8.29. The number of benzene rings is 2. The Hall–Kier alpha value is -1.97. The van der Waals surface area contributed by atoms with Crippen molar-refractivity contribution in [1.82, 2.24) is 9.55 Å². The molecule has 27 heavy (non-hydrogen) atoms. The zero-order valence-corrected chi connectivity index (χ0v) is 17.0. The largest absolute Gasteiger partial charge is 0.489 e. The van der Waals surface area contributed by atoms with Gasteiger partial charge >= 0.3 is 0 Å². The average Bonchev–Trinajstić information content (AvgIpc) is 3.18. The highest BCUT2D eigenvalue weighted by molar-refractivity contribution is 6.35. The van der Waals surface area contributed by atoms with Crippen LogP contribution in [0.25, 0.3) is 0 Å². The number of imidazole rings is 1. The van der Waals surface area contributed by atoms with Gasteiger partial charge < -0.3 is 9.30 Å². The molecule has 3 rings (SSSR count). The molecule has 0 N–H and O–H groups in total. The first-order valence-corrected chi connectivity index (χ1v) is 10.0. The lowest BCUT2D eigenvalue weighted by molar-refractivity contribution is 0.299. The summed E-state index contributed by atoms with van der Waals surface area (Å²) in [6, 6.07) is 13.8. The van der Waals surface area contributed by atoms with Gasteiger partial charge in [-0.05, 0) is 42.5 Å². The fraction of sp³-hybridized carbons (Fsp3) is 0.318. The number of nitrogens with zero attached hydrogens (tertiary/aromatic N) is 2. The molecule has 1 heterocycles. The number of ether oxygens (including phenoxy) is 1. The number of halogens is 2. The molecule has 1 unspecified atom stereocenters. The van der Waals surface area contributed by atoms with E-state index in [1.807, 2.05) is 43.0 Å². The molecule has 3 nitrogen and oxygen atoms in total. The van der Waals surface area contributed by atoms with E-state index in [1.165, 1.54) is 5.56 Å². The quantitative estimate of drug-likeness (QED) is 0.395. The summed E-state index contributed by atoms with van der Waals surface area (Å²) >= 11 is 12.3. The van der Waals surface area contributed by atoms with Crippen LogP contribution in [0.4, 0.5) is 0 Å². The Labute approximate surface area is 170 Å². The predicted octanol–water partition coefficient (Wildman–Crippen LogP) is 6.74. The van der Waals surface area contributed by atoms with Crippen molar-refractivity contribution in [2.75, 3.05) is 0 Å². The van der Waals surface area contributed by atoms with E-state index in [0.717, 1.165) is 37.1 Å². The minimum atomic E-state index is 0.424. The standard InChI is InChI=1S/C22H24Cl2N2O/c1-2-5-17(10-12-26-13-11-25-16-26)20-6-3-4-7-22(20)27-15-18-8-9-19(23)14-21(18)24/h3-4,6-9,11,13-14,16-17H,2,5,10,12,15H2,1H3. The number of aryl methyl sites for hydroxylation is 1. The van der Waals surface area contributed by atoms with Crippen LogP contribution in [-0.4, -0.2) is 9.55 Å². The predicted molar refractivity (Wildman–Crippen MR) is 112 cm³/mol. The van der Waals surface area contributed by atoms with Gasteiger partial charge in [-0.3, -0.25) is 0 Å². The number of rotatable bonds is 9. The Balaban J connectivity index is 1.73. The number of aromatic nitrogens is 2. The number of para-hydroxylation sites is 1. The zero-order valence-electron chi connectivity index (χ0n) is 15.4. The van der Waals surface area contributed by atoms with Crippen LogP contribution >= 0.6 is 23.2 Å². The molecule has 1 atom stereocenters. The van der Waals surface area contributed by atoms with Crippen molar-refractivity contribution in [3.63, 3.8) is 0 Å². The molecule has 0 amide bonds. The molecule has 0 radical (unpaired) electrons. The van der Waals surface area contributed by atoms with E-state index in [0.29, 0.717) is 22.6 Å². The second-order valence-electron chi connectivity index (χ2n) is 6.64. The lowest BCUT2D eigenvalue weighted by Gasteiger charge is -2.21. The molecular formula is C22H24Cl2N2O. The first-order valence-electron chi connectivity index (χ1n) is 9.28. The van der Waals surface area contributed by atoms with Gasteiger partial charge in [0.05, 0.1) is 6.33 Å². The minimum Gasteiger partial charge on any atom is -0.489 e. The molecule has 3 aromatic rings. The van der Waals surface area contributed by atoms with E-state index in [4.69, 9.17) is 27.9 Å². The van der Waals surface area contributed by atoms with Crippen LogP contribution in [0.2, 0.25) is 10.0 Å². The molecule has 2 aromatic carbocycles. The van der Waals surface area contributed by atoms with Crippen LogP contribution < -0.4 is 4.74 Å². The van der Waals surface area contributed by atoms with Crippen molar-refractivity contribution in [3.05, 3.63) is 82.4 Å². The third-order valence-corrected chi connectivity index (χ3v) is 5.28. The van der Waals surface area contributed by atoms with Crippen molar-refractivity contribution < 1.29 is 4.74 Å². The Kier molecular flexibility index (Phi) is 7.19. The van der Waals surface area contributed by atoms with Gasteiger partial charge in [-0.25, -0.2) is 4.98 Å². The molecule has 0 aliphatic carbocycles. The summed E-state index contributed by atoms with van der Waals surface area (Å²) in [4.78, 5) is 4.13. The van der Waals surface area contributed by atoms with Crippen molar-refractivity contribution in [1.29, 1.82) is 0 Å². The highest BCUT2D eigenvalue weighted by Crippen LogP contribution is 2.34. The fourth-order valence-electron chi connectivity index (χ4n) is 3.27. The van der Waals surface area contributed by atoms with E-state index < -0.39 is 0 Å². The fourth-order valence-corrected chi connectivity index (χ4v) is 3.73. The molecule has 142 valence electrons. The Morgan fingerprint density at radius 3 is 2.70 bits per heavy atom. The first-order chi connectivity index (χ1) is 13.2. The average molecular weight is 403 g/mol. The van der Waals surface area contributed by atoms with E-state index in [-0.39, 0.29) is 0 Å². The Morgan fingerprint density at radius 1 is 1.11 bits per heavy atom. The Morgan fingerprint density at radius 2 is 1.96 bits per heavy atom. The van der Waals surface area contributed by atoms with E-state index in [2.05, 4.69) is 28.6 Å². The van der Waals surface area contributed by atoms with Gasteiger partial charge in [-0.2, -0.15) is 0 Å². The molecule has 5 heteroatoms. The first kappa shape index (κ1) is 19.8. The van der Waals surface area contributed by atoms with Gasteiger partial charge in [0.2, 0.25) is 0 Å². The van der Waals surface area contributed by atoms with Crippen LogP contribution in [0.3, 0.4) is 0 Å². The summed E-state index contributed by atoms with van der Waals surface area (Å²) in [6.07, 6.45) is 9.00. The molecule has 0 saturated carbocycles. The summed E-state index contributed by atoms with van der Waals surface area (Å²) in [5, 5.41) is 1.26. The van der Waals surface area contributed by atoms with Crippen molar-refractivity contribution in [2.24, 2.45) is 0 Å².